The molecule has 1 atom stereocenters. The maximum Gasteiger partial charge on any atom is 0.406 e. The number of alkyl halides is 3. The molecule has 1 N–H and O–H groups in total. The van der Waals surface area contributed by atoms with Crippen LogP contribution >= 0.6 is 0 Å². The van der Waals surface area contributed by atoms with Gasteiger partial charge in [-0.3, -0.25) is 4.79 Å². The minimum atomic E-state index is -4.37. The SMILES string of the molecule is CCCN(CC(F)(F)F)C(=O)C1CNCCO1. The Balaban J connectivity index is 2.58. The molecule has 0 aromatic rings. The van der Waals surface area contributed by atoms with Gasteiger partial charge in [0.15, 0.2) is 0 Å². The van der Waals surface area contributed by atoms with E-state index >= 15 is 0 Å². The molecule has 1 fully saturated rings. The smallest absolute Gasteiger partial charge is 0.366 e. The third kappa shape index (κ3) is 4.91. The highest BCUT2D eigenvalue weighted by atomic mass is 19.4. The molecule has 1 aliphatic rings. The van der Waals surface area contributed by atoms with Crippen molar-refractivity contribution in [2.45, 2.75) is 25.6 Å². The zero-order valence-corrected chi connectivity index (χ0v) is 9.72. The molecule has 0 bridgehead atoms. The third-order valence-corrected chi connectivity index (χ3v) is 2.38. The van der Waals surface area contributed by atoms with Crippen molar-refractivity contribution in [3.63, 3.8) is 0 Å². The summed E-state index contributed by atoms with van der Waals surface area (Å²) in [7, 11) is 0. The maximum absolute atomic E-state index is 12.3. The largest absolute Gasteiger partial charge is 0.406 e. The van der Waals surface area contributed by atoms with Gasteiger partial charge in [-0.25, -0.2) is 0 Å². The first kappa shape index (κ1) is 14.2. The van der Waals surface area contributed by atoms with Gasteiger partial charge in [0.05, 0.1) is 6.61 Å². The highest BCUT2D eigenvalue weighted by molar-refractivity contribution is 5.81. The quantitative estimate of drug-likeness (QED) is 0.806. The van der Waals surface area contributed by atoms with E-state index in [1.54, 1.807) is 6.92 Å². The van der Waals surface area contributed by atoms with Gasteiger partial charge in [-0.2, -0.15) is 13.2 Å². The summed E-state index contributed by atoms with van der Waals surface area (Å²) < 4.78 is 42.1. The monoisotopic (exact) mass is 254 g/mol. The average molecular weight is 254 g/mol. The summed E-state index contributed by atoms with van der Waals surface area (Å²) in [5, 5.41) is 2.92. The van der Waals surface area contributed by atoms with Crippen LogP contribution in [0.3, 0.4) is 0 Å². The van der Waals surface area contributed by atoms with E-state index < -0.39 is 24.7 Å². The minimum absolute atomic E-state index is 0.0954. The molecule has 0 radical (unpaired) electrons. The van der Waals surface area contributed by atoms with Crippen molar-refractivity contribution in [3.05, 3.63) is 0 Å². The second kappa shape index (κ2) is 6.20. The standard InChI is InChI=1S/C10H17F3N2O2/c1-2-4-15(7-10(11,12)13)9(16)8-6-14-3-5-17-8/h8,14H,2-7H2,1H3. The number of halogens is 3. The van der Waals surface area contributed by atoms with E-state index in [9.17, 15) is 18.0 Å². The van der Waals surface area contributed by atoms with E-state index in [-0.39, 0.29) is 13.1 Å². The maximum atomic E-state index is 12.3. The van der Waals surface area contributed by atoms with Crippen molar-refractivity contribution in [3.8, 4) is 0 Å². The first-order chi connectivity index (χ1) is 7.94. The van der Waals surface area contributed by atoms with Gasteiger partial charge in [-0.15, -0.1) is 0 Å². The van der Waals surface area contributed by atoms with E-state index in [1.165, 1.54) is 0 Å². The van der Waals surface area contributed by atoms with Crippen molar-refractivity contribution in [2.75, 3.05) is 32.8 Å². The number of nitrogens with zero attached hydrogens (tertiary/aromatic N) is 1. The molecule has 1 rings (SSSR count). The molecule has 1 aliphatic heterocycles. The van der Waals surface area contributed by atoms with Crippen LogP contribution in [0.5, 0.6) is 0 Å². The second-order valence-corrected chi connectivity index (χ2v) is 3.94. The molecule has 0 saturated carbocycles. The second-order valence-electron chi connectivity index (χ2n) is 3.94. The Kier molecular flexibility index (Phi) is 5.20. The predicted molar refractivity (Wildman–Crippen MR) is 55.5 cm³/mol. The normalized spacial score (nSPS) is 21.3. The van der Waals surface area contributed by atoms with Crippen molar-refractivity contribution >= 4 is 5.91 Å². The van der Waals surface area contributed by atoms with Gasteiger partial charge < -0.3 is 15.0 Å². The Bertz CT molecular complexity index is 252. The van der Waals surface area contributed by atoms with Gasteiger partial charge in [0.25, 0.3) is 5.91 Å². The molecule has 1 saturated heterocycles. The van der Waals surface area contributed by atoms with Crippen molar-refractivity contribution < 1.29 is 22.7 Å². The van der Waals surface area contributed by atoms with Crippen LogP contribution in [0.25, 0.3) is 0 Å². The number of amides is 1. The van der Waals surface area contributed by atoms with E-state index in [4.69, 9.17) is 4.74 Å². The fourth-order valence-corrected chi connectivity index (χ4v) is 1.68. The Morgan fingerprint density at radius 2 is 2.24 bits per heavy atom. The number of carbonyl (C=O) groups is 1. The van der Waals surface area contributed by atoms with E-state index in [0.717, 1.165) is 4.90 Å². The lowest BCUT2D eigenvalue weighted by Gasteiger charge is -2.30. The Labute approximate surface area is 98.1 Å². The van der Waals surface area contributed by atoms with Gasteiger partial charge >= 0.3 is 6.18 Å². The fraction of sp³-hybridized carbons (Fsp3) is 0.900. The van der Waals surface area contributed by atoms with E-state index in [2.05, 4.69) is 5.32 Å². The van der Waals surface area contributed by atoms with Gasteiger partial charge in [0, 0.05) is 19.6 Å². The third-order valence-electron chi connectivity index (χ3n) is 2.38. The lowest BCUT2D eigenvalue weighted by Crippen LogP contribution is -2.51. The van der Waals surface area contributed by atoms with Crippen LogP contribution in [0.2, 0.25) is 0 Å². The molecule has 17 heavy (non-hydrogen) atoms. The molecule has 1 unspecified atom stereocenters. The van der Waals surface area contributed by atoms with Gasteiger partial charge in [-0.05, 0) is 6.42 Å². The molecule has 100 valence electrons. The van der Waals surface area contributed by atoms with Crippen molar-refractivity contribution in [1.29, 1.82) is 0 Å². The molecule has 0 spiro atoms. The molecule has 0 aromatic carbocycles. The molecule has 0 aromatic heterocycles. The van der Waals surface area contributed by atoms with E-state index in [0.29, 0.717) is 19.6 Å². The lowest BCUT2D eigenvalue weighted by molar-refractivity contribution is -0.169. The molecule has 0 aliphatic carbocycles. The zero-order chi connectivity index (χ0) is 12.9. The highest BCUT2D eigenvalue weighted by Gasteiger charge is 2.35. The molecule has 1 amide bonds. The summed E-state index contributed by atoms with van der Waals surface area (Å²) >= 11 is 0. The number of morpholine rings is 1. The van der Waals surface area contributed by atoms with Crippen LogP contribution < -0.4 is 5.32 Å². The Hall–Kier alpha value is -0.820. The van der Waals surface area contributed by atoms with Crippen molar-refractivity contribution in [2.24, 2.45) is 0 Å². The number of hydrogen-bond donors (Lipinski definition) is 1. The topological polar surface area (TPSA) is 41.6 Å². The Morgan fingerprint density at radius 3 is 2.71 bits per heavy atom. The zero-order valence-electron chi connectivity index (χ0n) is 9.72. The molecular formula is C10H17F3N2O2. The van der Waals surface area contributed by atoms with Crippen LogP contribution in [0.4, 0.5) is 13.2 Å². The highest BCUT2D eigenvalue weighted by Crippen LogP contribution is 2.17. The fourth-order valence-electron chi connectivity index (χ4n) is 1.68. The van der Waals surface area contributed by atoms with E-state index in [1.807, 2.05) is 0 Å². The first-order valence-corrected chi connectivity index (χ1v) is 5.62. The van der Waals surface area contributed by atoms with Crippen molar-refractivity contribution in [1.82, 2.24) is 10.2 Å². The molecule has 1 heterocycles. The van der Waals surface area contributed by atoms with Gasteiger partial charge in [0.1, 0.15) is 12.6 Å². The summed E-state index contributed by atoms with van der Waals surface area (Å²) in [6, 6.07) is 0. The Morgan fingerprint density at radius 1 is 1.53 bits per heavy atom. The van der Waals surface area contributed by atoms with Crippen LogP contribution in [-0.2, 0) is 9.53 Å². The number of ether oxygens (including phenoxy) is 1. The summed E-state index contributed by atoms with van der Waals surface area (Å²) in [5.74, 6) is -0.587. The van der Waals surface area contributed by atoms with Crippen LogP contribution in [0.1, 0.15) is 13.3 Å². The number of nitrogens with one attached hydrogen (secondary N) is 1. The summed E-state index contributed by atoms with van der Waals surface area (Å²) in [4.78, 5) is 12.6. The number of carbonyl (C=O) groups excluding carboxylic acids is 1. The summed E-state index contributed by atoms with van der Waals surface area (Å²) in [6.45, 7) is 1.87. The molecular weight excluding hydrogens is 237 g/mol. The van der Waals surface area contributed by atoms with Crippen LogP contribution in [0, 0.1) is 0 Å². The number of rotatable bonds is 4. The minimum Gasteiger partial charge on any atom is -0.366 e. The summed E-state index contributed by atoms with van der Waals surface area (Å²) in [6.07, 6.45) is -4.67. The van der Waals surface area contributed by atoms with Gasteiger partial charge in [-0.1, -0.05) is 6.92 Å². The van der Waals surface area contributed by atoms with Gasteiger partial charge in [0.2, 0.25) is 0 Å². The number of hydrogen-bond acceptors (Lipinski definition) is 3. The predicted octanol–water partition coefficient (Wildman–Crippen LogP) is 0.776. The summed E-state index contributed by atoms with van der Waals surface area (Å²) in [5.41, 5.74) is 0. The molecule has 4 nitrogen and oxygen atoms in total. The average Bonchev–Trinajstić information content (AvgIpc) is 2.27. The lowest BCUT2D eigenvalue weighted by atomic mass is 10.2. The van der Waals surface area contributed by atoms with Crippen LogP contribution in [-0.4, -0.2) is 55.9 Å². The molecule has 7 heteroatoms. The van der Waals surface area contributed by atoms with Crippen LogP contribution in [0.15, 0.2) is 0 Å². The first-order valence-electron chi connectivity index (χ1n) is 5.62.